The maximum atomic E-state index is 10.4. The maximum absolute atomic E-state index is 10.4. The Bertz CT molecular complexity index is 717. The summed E-state index contributed by atoms with van der Waals surface area (Å²) in [4.78, 5) is 0. The van der Waals surface area contributed by atoms with Crippen molar-refractivity contribution in [3.8, 4) is 5.75 Å². The van der Waals surface area contributed by atoms with Crippen LogP contribution in [0.15, 0.2) is 36.4 Å². The highest BCUT2D eigenvalue weighted by Gasteiger charge is 2.17. The van der Waals surface area contributed by atoms with Crippen LogP contribution in [0.1, 0.15) is 29.2 Å². The minimum Gasteiger partial charge on any atom is -0.507 e. The summed E-state index contributed by atoms with van der Waals surface area (Å²) in [7, 11) is 0. The standard InChI is InChI=1S/C19H22ClNO/c1-11(2)10-17-14(5)18(12(3)13(4)19(17)22)21-16-8-6-15(20)7-9-16/h6-9,21-22H,1,10H2,2-5H3. The Morgan fingerprint density at radius 3 is 2.23 bits per heavy atom. The van der Waals surface area contributed by atoms with Gasteiger partial charge in [-0.15, -0.1) is 0 Å². The normalized spacial score (nSPS) is 10.6. The molecule has 2 aromatic carbocycles. The molecule has 2 aromatic rings. The number of nitrogens with one attached hydrogen (secondary N) is 1. The first-order valence-corrected chi connectivity index (χ1v) is 7.67. The smallest absolute Gasteiger partial charge is 0.122 e. The zero-order chi connectivity index (χ0) is 16.4. The second kappa shape index (κ2) is 6.45. The molecular formula is C19H22ClNO. The molecule has 22 heavy (non-hydrogen) atoms. The number of aromatic hydroxyl groups is 1. The Morgan fingerprint density at radius 2 is 1.68 bits per heavy atom. The summed E-state index contributed by atoms with van der Waals surface area (Å²) in [6.45, 7) is 11.9. The van der Waals surface area contributed by atoms with Crippen LogP contribution in [0.5, 0.6) is 5.75 Å². The van der Waals surface area contributed by atoms with Crippen LogP contribution in [0.4, 0.5) is 11.4 Å². The van der Waals surface area contributed by atoms with E-state index in [1.807, 2.05) is 52.0 Å². The number of anilines is 2. The van der Waals surface area contributed by atoms with Gasteiger partial charge in [0.2, 0.25) is 0 Å². The number of hydrogen-bond acceptors (Lipinski definition) is 2. The number of phenols is 1. The summed E-state index contributed by atoms with van der Waals surface area (Å²) in [5.74, 6) is 0.375. The third-order valence-corrected chi connectivity index (χ3v) is 4.25. The number of halogens is 1. The number of benzene rings is 2. The van der Waals surface area contributed by atoms with Gasteiger partial charge in [0, 0.05) is 22.0 Å². The fourth-order valence-corrected chi connectivity index (χ4v) is 2.71. The predicted octanol–water partition coefficient (Wildman–Crippen LogP) is 5.83. The highest BCUT2D eigenvalue weighted by molar-refractivity contribution is 6.30. The summed E-state index contributed by atoms with van der Waals surface area (Å²) >= 11 is 5.94. The quantitative estimate of drug-likeness (QED) is 0.549. The molecule has 3 heteroatoms. The van der Waals surface area contributed by atoms with E-state index in [2.05, 4.69) is 11.9 Å². The maximum Gasteiger partial charge on any atom is 0.122 e. The highest BCUT2D eigenvalue weighted by Crippen LogP contribution is 2.38. The summed E-state index contributed by atoms with van der Waals surface area (Å²) in [5, 5.41) is 14.6. The lowest BCUT2D eigenvalue weighted by Gasteiger charge is -2.20. The lowest BCUT2D eigenvalue weighted by Crippen LogP contribution is -2.03. The molecule has 0 bridgehead atoms. The Balaban J connectivity index is 2.52. The van der Waals surface area contributed by atoms with E-state index in [-0.39, 0.29) is 0 Å². The molecule has 0 saturated heterocycles. The van der Waals surface area contributed by atoms with Crippen molar-refractivity contribution in [2.24, 2.45) is 0 Å². The van der Waals surface area contributed by atoms with Gasteiger partial charge in [-0.25, -0.2) is 0 Å². The molecule has 0 spiro atoms. The summed E-state index contributed by atoms with van der Waals surface area (Å²) in [6.07, 6.45) is 0.675. The molecule has 0 unspecified atom stereocenters. The SMILES string of the molecule is C=C(C)Cc1c(C)c(Nc2ccc(Cl)cc2)c(C)c(C)c1O. The van der Waals surface area contributed by atoms with Gasteiger partial charge in [0.05, 0.1) is 0 Å². The molecule has 0 aliphatic heterocycles. The van der Waals surface area contributed by atoms with Gasteiger partial charge in [0.25, 0.3) is 0 Å². The van der Waals surface area contributed by atoms with Gasteiger partial charge in [-0.05, 0) is 75.1 Å². The van der Waals surface area contributed by atoms with Crippen LogP contribution in [0.25, 0.3) is 0 Å². The monoisotopic (exact) mass is 315 g/mol. The average Bonchev–Trinajstić information content (AvgIpc) is 2.48. The first-order valence-electron chi connectivity index (χ1n) is 7.29. The van der Waals surface area contributed by atoms with E-state index >= 15 is 0 Å². The van der Waals surface area contributed by atoms with Crippen LogP contribution >= 0.6 is 11.6 Å². The molecule has 2 nitrogen and oxygen atoms in total. The molecule has 0 aliphatic carbocycles. The fraction of sp³-hybridized carbons (Fsp3) is 0.263. The molecule has 0 aromatic heterocycles. The lowest BCUT2D eigenvalue weighted by atomic mass is 9.92. The lowest BCUT2D eigenvalue weighted by molar-refractivity contribution is 0.464. The van der Waals surface area contributed by atoms with Crippen molar-refractivity contribution in [2.75, 3.05) is 5.32 Å². The number of phenolic OH excluding ortho intramolecular Hbond substituents is 1. The number of hydrogen-bond donors (Lipinski definition) is 2. The van der Waals surface area contributed by atoms with Crippen molar-refractivity contribution >= 4 is 23.0 Å². The van der Waals surface area contributed by atoms with Crippen LogP contribution in [-0.2, 0) is 6.42 Å². The Morgan fingerprint density at radius 1 is 1.09 bits per heavy atom. The summed E-state index contributed by atoms with van der Waals surface area (Å²) in [5.41, 5.74) is 6.98. The van der Waals surface area contributed by atoms with E-state index in [0.29, 0.717) is 17.2 Å². The predicted molar refractivity (Wildman–Crippen MR) is 95.6 cm³/mol. The minimum atomic E-state index is 0.375. The average molecular weight is 316 g/mol. The number of rotatable bonds is 4. The molecule has 0 saturated carbocycles. The molecule has 2 N–H and O–H groups in total. The van der Waals surface area contributed by atoms with E-state index in [0.717, 1.165) is 39.2 Å². The zero-order valence-electron chi connectivity index (χ0n) is 13.5. The van der Waals surface area contributed by atoms with Gasteiger partial charge in [0.1, 0.15) is 5.75 Å². The van der Waals surface area contributed by atoms with Crippen molar-refractivity contribution in [1.29, 1.82) is 0 Å². The molecule has 2 rings (SSSR count). The second-order valence-electron chi connectivity index (χ2n) is 5.84. The van der Waals surface area contributed by atoms with Gasteiger partial charge in [-0.1, -0.05) is 23.8 Å². The van der Waals surface area contributed by atoms with Gasteiger partial charge in [0.15, 0.2) is 0 Å². The zero-order valence-corrected chi connectivity index (χ0v) is 14.3. The van der Waals surface area contributed by atoms with Crippen LogP contribution in [0, 0.1) is 20.8 Å². The van der Waals surface area contributed by atoms with E-state index < -0.39 is 0 Å². The Kier molecular flexibility index (Phi) is 4.82. The summed E-state index contributed by atoms with van der Waals surface area (Å²) in [6, 6.07) is 7.61. The van der Waals surface area contributed by atoms with E-state index in [1.54, 1.807) is 0 Å². The first-order chi connectivity index (χ1) is 10.3. The second-order valence-corrected chi connectivity index (χ2v) is 6.28. The van der Waals surface area contributed by atoms with Crippen LogP contribution < -0.4 is 5.32 Å². The van der Waals surface area contributed by atoms with Gasteiger partial charge in [-0.2, -0.15) is 0 Å². The van der Waals surface area contributed by atoms with Crippen molar-refractivity contribution in [3.05, 3.63) is 63.7 Å². The van der Waals surface area contributed by atoms with Gasteiger partial charge in [-0.3, -0.25) is 0 Å². The van der Waals surface area contributed by atoms with Gasteiger partial charge < -0.3 is 10.4 Å². The molecule has 0 aliphatic rings. The van der Waals surface area contributed by atoms with E-state index in [4.69, 9.17) is 11.6 Å². The van der Waals surface area contributed by atoms with E-state index in [9.17, 15) is 5.11 Å². The van der Waals surface area contributed by atoms with Crippen molar-refractivity contribution < 1.29 is 5.11 Å². The van der Waals surface area contributed by atoms with Crippen LogP contribution in [0.2, 0.25) is 5.02 Å². The Labute approximate surface area is 137 Å². The highest BCUT2D eigenvalue weighted by atomic mass is 35.5. The molecule has 0 atom stereocenters. The third-order valence-electron chi connectivity index (χ3n) is 4.00. The third kappa shape index (κ3) is 3.28. The first kappa shape index (κ1) is 16.4. The minimum absolute atomic E-state index is 0.375. The van der Waals surface area contributed by atoms with Crippen molar-refractivity contribution in [1.82, 2.24) is 0 Å². The van der Waals surface area contributed by atoms with Crippen LogP contribution in [0.3, 0.4) is 0 Å². The van der Waals surface area contributed by atoms with Crippen LogP contribution in [-0.4, -0.2) is 5.11 Å². The molecule has 0 fully saturated rings. The molecule has 0 heterocycles. The van der Waals surface area contributed by atoms with Crippen molar-refractivity contribution in [2.45, 2.75) is 34.1 Å². The molecule has 0 amide bonds. The van der Waals surface area contributed by atoms with Crippen molar-refractivity contribution in [3.63, 3.8) is 0 Å². The topological polar surface area (TPSA) is 32.3 Å². The molecule has 0 radical (unpaired) electrons. The molecular weight excluding hydrogens is 294 g/mol. The Hall–Kier alpha value is -1.93. The fourth-order valence-electron chi connectivity index (χ4n) is 2.58. The molecule has 116 valence electrons. The summed E-state index contributed by atoms with van der Waals surface area (Å²) < 4.78 is 0. The largest absolute Gasteiger partial charge is 0.507 e. The van der Waals surface area contributed by atoms with E-state index in [1.165, 1.54) is 0 Å². The number of allylic oxidation sites excluding steroid dienone is 1. The van der Waals surface area contributed by atoms with Gasteiger partial charge >= 0.3 is 0 Å².